The number of piperazine rings is 1. The molecule has 2 rings (SSSR count). The van der Waals surface area contributed by atoms with Crippen molar-refractivity contribution in [2.75, 3.05) is 59.5 Å². The van der Waals surface area contributed by atoms with Crippen LogP contribution in [0.4, 0.5) is 0 Å². The van der Waals surface area contributed by atoms with Crippen LogP contribution in [-0.2, 0) is 4.74 Å². The Morgan fingerprint density at radius 1 is 1.20 bits per heavy atom. The largest absolute Gasteiger partial charge is 0.385 e. The van der Waals surface area contributed by atoms with Crippen LogP contribution in [-0.4, -0.2) is 75.4 Å². The first kappa shape index (κ1) is 11.3. The van der Waals surface area contributed by atoms with Gasteiger partial charge in [-0.05, 0) is 6.42 Å². The zero-order chi connectivity index (χ0) is 10.5. The molecule has 2 aliphatic rings. The highest BCUT2D eigenvalue weighted by Gasteiger charge is 2.27. The van der Waals surface area contributed by atoms with Gasteiger partial charge in [-0.15, -0.1) is 0 Å². The van der Waals surface area contributed by atoms with Crippen molar-refractivity contribution in [3.63, 3.8) is 0 Å². The van der Waals surface area contributed by atoms with Crippen molar-refractivity contribution in [2.45, 2.75) is 12.5 Å². The lowest BCUT2D eigenvalue weighted by Crippen LogP contribution is -2.61. The third-order valence-corrected chi connectivity index (χ3v) is 3.51. The van der Waals surface area contributed by atoms with Gasteiger partial charge in [0.2, 0.25) is 0 Å². The molecule has 0 spiro atoms. The normalized spacial score (nSPS) is 25.4. The lowest BCUT2D eigenvalue weighted by molar-refractivity contribution is 0.0679. The molecule has 0 aromatic rings. The summed E-state index contributed by atoms with van der Waals surface area (Å²) in [7, 11) is 1.78. The smallest absolute Gasteiger partial charge is 0.0474 e. The fraction of sp³-hybridized carbons (Fsp3) is 1.00. The molecule has 1 N–H and O–H groups in total. The third-order valence-electron chi connectivity index (χ3n) is 3.51. The molecule has 0 radical (unpaired) electrons. The number of methoxy groups -OCH3 is 1. The number of hydrogen-bond donors (Lipinski definition) is 1. The van der Waals surface area contributed by atoms with Gasteiger partial charge in [0, 0.05) is 65.6 Å². The van der Waals surface area contributed by atoms with E-state index in [0.717, 1.165) is 12.6 Å². The summed E-state index contributed by atoms with van der Waals surface area (Å²) in [5.41, 5.74) is 0. The predicted molar refractivity (Wildman–Crippen MR) is 61.2 cm³/mol. The maximum absolute atomic E-state index is 5.07. The number of nitrogens with zero attached hydrogens (tertiary/aromatic N) is 2. The van der Waals surface area contributed by atoms with Crippen molar-refractivity contribution in [1.82, 2.24) is 15.1 Å². The summed E-state index contributed by atoms with van der Waals surface area (Å²) in [6.45, 7) is 9.46. The first-order valence-corrected chi connectivity index (χ1v) is 6.06. The van der Waals surface area contributed by atoms with E-state index in [1.807, 2.05) is 0 Å². The second-order valence-corrected chi connectivity index (χ2v) is 4.54. The number of nitrogens with one attached hydrogen (secondary N) is 1. The van der Waals surface area contributed by atoms with E-state index < -0.39 is 0 Å². The summed E-state index contributed by atoms with van der Waals surface area (Å²) in [6.07, 6.45) is 1.17. The molecule has 0 saturated carbocycles. The van der Waals surface area contributed by atoms with Crippen molar-refractivity contribution in [3.8, 4) is 0 Å². The lowest BCUT2D eigenvalue weighted by Gasteiger charge is -2.43. The maximum Gasteiger partial charge on any atom is 0.0474 e. The summed E-state index contributed by atoms with van der Waals surface area (Å²) in [6, 6.07) is 0.825. The average molecular weight is 213 g/mol. The first-order valence-electron chi connectivity index (χ1n) is 6.06. The van der Waals surface area contributed by atoms with Crippen LogP contribution < -0.4 is 5.32 Å². The van der Waals surface area contributed by atoms with Gasteiger partial charge in [0.15, 0.2) is 0 Å². The molecular formula is C11H23N3O. The van der Waals surface area contributed by atoms with E-state index in [-0.39, 0.29) is 0 Å². The Morgan fingerprint density at radius 3 is 2.47 bits per heavy atom. The second kappa shape index (κ2) is 5.80. The molecule has 2 heterocycles. The zero-order valence-electron chi connectivity index (χ0n) is 9.74. The van der Waals surface area contributed by atoms with Crippen LogP contribution in [0.15, 0.2) is 0 Å². The predicted octanol–water partition coefficient (Wildman–Crippen LogP) is -0.388. The highest BCUT2D eigenvalue weighted by Crippen LogP contribution is 2.09. The lowest BCUT2D eigenvalue weighted by atomic mass is 10.1. The minimum Gasteiger partial charge on any atom is -0.385 e. The monoisotopic (exact) mass is 213 g/mol. The van der Waals surface area contributed by atoms with Crippen LogP contribution in [0.5, 0.6) is 0 Å². The molecule has 2 aliphatic heterocycles. The van der Waals surface area contributed by atoms with Crippen molar-refractivity contribution < 1.29 is 4.74 Å². The Labute approximate surface area is 92.6 Å². The summed E-state index contributed by atoms with van der Waals surface area (Å²) >= 11 is 0. The summed E-state index contributed by atoms with van der Waals surface area (Å²) in [5.74, 6) is 0. The molecule has 0 bridgehead atoms. The van der Waals surface area contributed by atoms with Crippen LogP contribution in [0, 0.1) is 0 Å². The highest BCUT2D eigenvalue weighted by molar-refractivity contribution is 4.87. The molecule has 4 heteroatoms. The van der Waals surface area contributed by atoms with Gasteiger partial charge in [0.25, 0.3) is 0 Å². The van der Waals surface area contributed by atoms with Crippen LogP contribution in [0.2, 0.25) is 0 Å². The van der Waals surface area contributed by atoms with E-state index in [0.29, 0.717) is 0 Å². The minimum atomic E-state index is 0.825. The van der Waals surface area contributed by atoms with Crippen molar-refractivity contribution in [1.29, 1.82) is 0 Å². The van der Waals surface area contributed by atoms with Gasteiger partial charge in [-0.25, -0.2) is 0 Å². The Balaban J connectivity index is 1.59. The SMILES string of the molecule is COCCCN1CCN(C2CNC2)CC1. The molecule has 0 amide bonds. The summed E-state index contributed by atoms with van der Waals surface area (Å²) in [4.78, 5) is 5.19. The molecule has 0 aromatic carbocycles. The summed E-state index contributed by atoms with van der Waals surface area (Å²) in [5, 5.41) is 3.34. The molecule has 88 valence electrons. The van der Waals surface area contributed by atoms with Gasteiger partial charge in [0.1, 0.15) is 0 Å². The highest BCUT2D eigenvalue weighted by atomic mass is 16.5. The molecule has 15 heavy (non-hydrogen) atoms. The van der Waals surface area contributed by atoms with E-state index in [2.05, 4.69) is 15.1 Å². The van der Waals surface area contributed by atoms with Gasteiger partial charge in [-0.3, -0.25) is 4.90 Å². The first-order chi connectivity index (χ1) is 7.40. The Morgan fingerprint density at radius 2 is 1.93 bits per heavy atom. The number of rotatable bonds is 5. The van der Waals surface area contributed by atoms with Crippen molar-refractivity contribution >= 4 is 0 Å². The van der Waals surface area contributed by atoms with Crippen LogP contribution in [0.1, 0.15) is 6.42 Å². The van der Waals surface area contributed by atoms with Crippen molar-refractivity contribution in [3.05, 3.63) is 0 Å². The molecule has 0 atom stereocenters. The van der Waals surface area contributed by atoms with Crippen LogP contribution in [0.3, 0.4) is 0 Å². The number of hydrogen-bond acceptors (Lipinski definition) is 4. The quantitative estimate of drug-likeness (QED) is 0.630. The Hall–Kier alpha value is -0.160. The van der Waals surface area contributed by atoms with Crippen LogP contribution in [0.25, 0.3) is 0 Å². The van der Waals surface area contributed by atoms with Gasteiger partial charge >= 0.3 is 0 Å². The third kappa shape index (κ3) is 3.14. The van der Waals surface area contributed by atoms with E-state index in [1.54, 1.807) is 7.11 Å². The van der Waals surface area contributed by atoms with E-state index in [1.165, 1.54) is 52.2 Å². The molecule has 2 saturated heterocycles. The molecule has 0 aliphatic carbocycles. The van der Waals surface area contributed by atoms with E-state index in [9.17, 15) is 0 Å². The molecular weight excluding hydrogens is 190 g/mol. The van der Waals surface area contributed by atoms with E-state index >= 15 is 0 Å². The second-order valence-electron chi connectivity index (χ2n) is 4.54. The van der Waals surface area contributed by atoms with E-state index in [4.69, 9.17) is 4.74 Å². The molecule has 0 unspecified atom stereocenters. The Bertz CT molecular complexity index is 177. The maximum atomic E-state index is 5.07. The van der Waals surface area contributed by atoms with Gasteiger partial charge < -0.3 is 15.0 Å². The number of ether oxygens (including phenoxy) is 1. The van der Waals surface area contributed by atoms with Crippen LogP contribution >= 0.6 is 0 Å². The standard InChI is InChI=1S/C11H23N3O/c1-15-8-2-3-13-4-6-14(7-5-13)11-9-12-10-11/h11-12H,2-10H2,1H3. The summed E-state index contributed by atoms with van der Waals surface area (Å²) < 4.78 is 5.07. The molecule has 4 nitrogen and oxygen atoms in total. The fourth-order valence-electron chi connectivity index (χ4n) is 2.32. The molecule has 2 fully saturated rings. The Kier molecular flexibility index (Phi) is 4.38. The van der Waals surface area contributed by atoms with Crippen molar-refractivity contribution in [2.24, 2.45) is 0 Å². The minimum absolute atomic E-state index is 0.825. The average Bonchev–Trinajstić information content (AvgIpc) is 2.18. The topological polar surface area (TPSA) is 27.7 Å². The zero-order valence-corrected chi connectivity index (χ0v) is 9.74. The van der Waals surface area contributed by atoms with Gasteiger partial charge in [-0.2, -0.15) is 0 Å². The van der Waals surface area contributed by atoms with Gasteiger partial charge in [0.05, 0.1) is 0 Å². The molecule has 0 aromatic heterocycles. The fourth-order valence-corrected chi connectivity index (χ4v) is 2.32. The van der Waals surface area contributed by atoms with Gasteiger partial charge in [-0.1, -0.05) is 0 Å².